The minimum Gasteiger partial charge on any atom is -0.481 e. The molecule has 2 heterocycles. The van der Waals surface area contributed by atoms with E-state index in [0.29, 0.717) is 5.46 Å². The topological polar surface area (TPSA) is 53.5 Å². The summed E-state index contributed by atoms with van der Waals surface area (Å²) in [6.07, 6.45) is 1.01. The van der Waals surface area contributed by atoms with Gasteiger partial charge in [-0.25, -0.2) is 18.7 Å². The molecule has 0 N–H and O–H groups in total. The van der Waals surface area contributed by atoms with Crippen LogP contribution in [-0.4, -0.2) is 41.3 Å². The highest BCUT2D eigenvalue weighted by Gasteiger charge is 2.62. The van der Waals surface area contributed by atoms with Crippen LogP contribution in [-0.2, 0) is 9.31 Å². The third kappa shape index (κ3) is 2.29. The lowest BCUT2D eigenvalue weighted by Gasteiger charge is -2.32. The van der Waals surface area contributed by atoms with Crippen molar-refractivity contribution in [2.45, 2.75) is 57.2 Å². The van der Waals surface area contributed by atoms with Gasteiger partial charge >= 0.3 is 7.12 Å². The Morgan fingerprint density at radius 2 is 1.73 bits per heavy atom. The number of hydrogen-bond donors (Lipinski definition) is 0. The summed E-state index contributed by atoms with van der Waals surface area (Å²) in [7, 11) is 0.610. The molecule has 1 aromatic rings. The Bertz CT molecular complexity index is 594. The van der Waals surface area contributed by atoms with Crippen LogP contribution in [0.4, 0.5) is 8.78 Å². The first kappa shape index (κ1) is 15.6. The normalized spacial score (nSPS) is 27.8. The molecule has 1 saturated heterocycles. The number of alkyl halides is 2. The second kappa shape index (κ2) is 4.61. The number of methoxy groups -OCH3 is 1. The molecule has 0 bridgehead atoms. The molecule has 1 aliphatic carbocycles. The van der Waals surface area contributed by atoms with Gasteiger partial charge in [-0.3, -0.25) is 0 Å². The van der Waals surface area contributed by atoms with Gasteiger partial charge in [0.05, 0.1) is 35.4 Å². The minimum atomic E-state index is -2.74. The lowest BCUT2D eigenvalue weighted by Crippen LogP contribution is -2.41. The van der Waals surface area contributed by atoms with E-state index in [-0.39, 0.29) is 18.0 Å². The Hall–Kier alpha value is -1.28. The molecule has 3 rings (SSSR count). The summed E-state index contributed by atoms with van der Waals surface area (Å²) in [4.78, 5) is 8.07. The second-order valence-electron chi connectivity index (χ2n) is 6.79. The van der Waals surface area contributed by atoms with Gasteiger partial charge in [-0.2, -0.15) is 0 Å². The molecule has 120 valence electrons. The van der Waals surface area contributed by atoms with E-state index in [1.807, 2.05) is 27.7 Å². The maximum Gasteiger partial charge on any atom is 0.502 e. The van der Waals surface area contributed by atoms with E-state index in [1.165, 1.54) is 13.4 Å². The van der Waals surface area contributed by atoms with E-state index in [1.54, 1.807) is 0 Å². The Labute approximate surface area is 128 Å². The van der Waals surface area contributed by atoms with Crippen molar-refractivity contribution in [1.29, 1.82) is 0 Å². The fourth-order valence-corrected chi connectivity index (χ4v) is 2.52. The number of halogens is 2. The molecule has 1 unspecified atom stereocenters. The van der Waals surface area contributed by atoms with Crippen molar-refractivity contribution in [3.8, 4) is 5.88 Å². The van der Waals surface area contributed by atoms with E-state index in [4.69, 9.17) is 14.0 Å². The van der Waals surface area contributed by atoms with Crippen LogP contribution in [0.5, 0.6) is 5.88 Å². The third-order valence-corrected chi connectivity index (χ3v) is 4.72. The first-order valence-electron chi connectivity index (χ1n) is 7.21. The third-order valence-electron chi connectivity index (χ3n) is 4.72. The molecule has 1 saturated carbocycles. The van der Waals surface area contributed by atoms with E-state index in [9.17, 15) is 8.78 Å². The molecule has 0 aromatic carbocycles. The molecule has 1 atom stereocenters. The smallest absolute Gasteiger partial charge is 0.481 e. The lowest BCUT2D eigenvalue weighted by molar-refractivity contribution is 0.00578. The summed E-state index contributed by atoms with van der Waals surface area (Å²) < 4.78 is 44.1. The van der Waals surface area contributed by atoms with Crippen molar-refractivity contribution in [3.05, 3.63) is 12.0 Å². The summed E-state index contributed by atoms with van der Waals surface area (Å²) in [6, 6.07) is 0. The molecule has 5 nitrogen and oxygen atoms in total. The van der Waals surface area contributed by atoms with E-state index in [2.05, 4.69) is 9.97 Å². The summed E-state index contributed by atoms with van der Waals surface area (Å²) in [5.74, 6) is -3.46. The van der Waals surface area contributed by atoms with Gasteiger partial charge in [-0.05, 0) is 27.7 Å². The minimum absolute atomic E-state index is 0.214. The molecule has 22 heavy (non-hydrogen) atoms. The van der Waals surface area contributed by atoms with Crippen molar-refractivity contribution in [2.24, 2.45) is 0 Å². The maximum absolute atomic E-state index is 13.5. The van der Waals surface area contributed by atoms with Crippen molar-refractivity contribution < 1.29 is 22.8 Å². The van der Waals surface area contributed by atoms with Crippen LogP contribution >= 0.6 is 0 Å². The van der Waals surface area contributed by atoms with E-state index >= 15 is 0 Å². The fraction of sp³-hybridized carbons (Fsp3) is 0.714. The average molecular weight is 312 g/mol. The summed E-state index contributed by atoms with van der Waals surface area (Å²) >= 11 is 0. The van der Waals surface area contributed by atoms with E-state index in [0.717, 1.165) is 0 Å². The molecule has 1 aliphatic heterocycles. The van der Waals surface area contributed by atoms with Crippen molar-refractivity contribution in [2.75, 3.05) is 7.11 Å². The van der Waals surface area contributed by atoms with Crippen molar-refractivity contribution >= 4 is 12.6 Å². The molecular formula is C14H19BF2N2O3. The predicted molar refractivity (Wildman–Crippen MR) is 76.6 cm³/mol. The molecule has 1 aromatic heterocycles. The zero-order valence-corrected chi connectivity index (χ0v) is 13.3. The van der Waals surface area contributed by atoms with Gasteiger partial charge in [0.15, 0.2) is 0 Å². The van der Waals surface area contributed by atoms with Gasteiger partial charge in [-0.1, -0.05) is 0 Å². The highest BCUT2D eigenvalue weighted by Crippen LogP contribution is 2.55. The second-order valence-corrected chi connectivity index (χ2v) is 6.79. The van der Waals surface area contributed by atoms with Crippen LogP contribution in [0.15, 0.2) is 6.33 Å². The van der Waals surface area contributed by atoms with Crippen LogP contribution in [0.3, 0.4) is 0 Å². The van der Waals surface area contributed by atoms with Gasteiger partial charge in [-0.15, -0.1) is 0 Å². The average Bonchev–Trinajstić information content (AvgIpc) is 2.98. The van der Waals surface area contributed by atoms with Gasteiger partial charge in [0.1, 0.15) is 6.33 Å². The monoisotopic (exact) mass is 312 g/mol. The van der Waals surface area contributed by atoms with Crippen LogP contribution in [0, 0.1) is 0 Å². The van der Waals surface area contributed by atoms with Crippen LogP contribution in [0.25, 0.3) is 0 Å². The van der Waals surface area contributed by atoms with Crippen LogP contribution in [0.2, 0.25) is 0 Å². The summed E-state index contributed by atoms with van der Waals surface area (Å²) in [5, 5.41) is 0. The molecular weight excluding hydrogens is 293 g/mol. The highest BCUT2D eigenvalue weighted by molar-refractivity contribution is 6.63. The number of rotatable bonds is 3. The zero-order valence-electron chi connectivity index (χ0n) is 13.3. The molecule has 0 amide bonds. The summed E-state index contributed by atoms with van der Waals surface area (Å²) in [6.45, 7) is 7.59. The predicted octanol–water partition coefficient (Wildman–Crippen LogP) is 1.91. The lowest BCUT2D eigenvalue weighted by atomic mass is 9.77. The van der Waals surface area contributed by atoms with Gasteiger partial charge in [0.2, 0.25) is 5.88 Å². The number of nitrogens with zero attached hydrogens (tertiary/aromatic N) is 2. The van der Waals surface area contributed by atoms with Crippen LogP contribution in [0.1, 0.15) is 45.7 Å². The van der Waals surface area contributed by atoms with E-state index < -0.39 is 30.2 Å². The number of ether oxygens (including phenoxy) is 1. The molecule has 2 fully saturated rings. The molecule has 2 aliphatic rings. The Morgan fingerprint density at radius 1 is 1.18 bits per heavy atom. The first-order valence-corrected chi connectivity index (χ1v) is 7.21. The van der Waals surface area contributed by atoms with Gasteiger partial charge in [0, 0.05) is 6.42 Å². The number of aromatic nitrogens is 2. The summed E-state index contributed by atoms with van der Waals surface area (Å²) in [5.41, 5.74) is -0.551. The number of hydrogen-bond acceptors (Lipinski definition) is 5. The Kier molecular flexibility index (Phi) is 3.27. The molecule has 0 spiro atoms. The quantitative estimate of drug-likeness (QED) is 0.798. The van der Waals surface area contributed by atoms with Gasteiger partial charge < -0.3 is 14.0 Å². The maximum atomic E-state index is 13.5. The first-order chi connectivity index (χ1) is 10.1. The standard InChI is InChI=1S/C14H19BF2N2O3/c1-12(2)13(3,4)22-15(21-12)9-10(8-6-14(8,16)17)18-7-19-11(9)20-5/h7-8H,6H2,1-5H3. The Balaban J connectivity index is 2.04. The Morgan fingerprint density at radius 3 is 2.18 bits per heavy atom. The van der Waals surface area contributed by atoms with Crippen molar-refractivity contribution in [1.82, 2.24) is 9.97 Å². The largest absolute Gasteiger partial charge is 0.502 e. The fourth-order valence-electron chi connectivity index (χ4n) is 2.52. The van der Waals surface area contributed by atoms with Crippen molar-refractivity contribution in [3.63, 3.8) is 0 Å². The highest BCUT2D eigenvalue weighted by atomic mass is 19.3. The molecule has 8 heteroatoms. The SMILES string of the molecule is COc1ncnc(C2CC2(F)F)c1B1OC(C)(C)C(C)(C)O1. The van der Waals surface area contributed by atoms with Gasteiger partial charge in [0.25, 0.3) is 5.92 Å². The van der Waals surface area contributed by atoms with Crippen LogP contribution < -0.4 is 10.2 Å². The molecule has 0 radical (unpaired) electrons. The zero-order chi connectivity index (χ0) is 16.3.